The van der Waals surface area contributed by atoms with Crippen LogP contribution in [0.5, 0.6) is 5.75 Å². The van der Waals surface area contributed by atoms with Gasteiger partial charge >= 0.3 is 0 Å². The van der Waals surface area contributed by atoms with Crippen LogP contribution in [0.3, 0.4) is 0 Å². The first-order valence-electron chi connectivity index (χ1n) is 7.82. The molecule has 2 aromatic carbocycles. The molecule has 0 amide bonds. The Labute approximate surface area is 147 Å². The van der Waals surface area contributed by atoms with E-state index in [1.54, 1.807) is 30.3 Å². The number of benzene rings is 2. The van der Waals surface area contributed by atoms with Crippen LogP contribution in [0.2, 0.25) is 0 Å². The van der Waals surface area contributed by atoms with Crippen molar-refractivity contribution >= 4 is 21.4 Å². The quantitative estimate of drug-likeness (QED) is 0.527. The zero-order valence-electron chi connectivity index (χ0n) is 14.1. The second-order valence-corrected chi connectivity index (χ2v) is 7.19. The number of non-ortho nitro benzene ring substituents is 1. The predicted octanol–water partition coefficient (Wildman–Crippen LogP) is 3.60. The van der Waals surface area contributed by atoms with Crippen molar-refractivity contribution in [2.45, 2.75) is 24.7 Å². The highest BCUT2D eigenvalue weighted by atomic mass is 32.2. The number of anilines is 1. The van der Waals surface area contributed by atoms with Gasteiger partial charge in [-0.25, -0.2) is 8.42 Å². The topological polar surface area (TPSA) is 89.8 Å². The molecule has 8 heteroatoms. The van der Waals surface area contributed by atoms with Crippen molar-refractivity contribution in [3.8, 4) is 5.75 Å². The molecule has 0 atom stereocenters. The molecular weight excluding hydrogens is 344 g/mol. The SMILES string of the molecule is CCCCN(c1ccccc1)S(=O)(=O)c1ccc([N+](=O)[O-])cc1OC. The number of rotatable bonds is 8. The number of methoxy groups -OCH3 is 1. The van der Waals surface area contributed by atoms with Gasteiger partial charge in [0.2, 0.25) is 0 Å². The Hall–Kier alpha value is -2.61. The second kappa shape index (κ2) is 7.98. The summed E-state index contributed by atoms with van der Waals surface area (Å²) in [5.41, 5.74) is 0.312. The molecule has 0 saturated carbocycles. The summed E-state index contributed by atoms with van der Waals surface area (Å²) in [6.07, 6.45) is 1.51. The van der Waals surface area contributed by atoms with E-state index in [-0.39, 0.29) is 16.3 Å². The van der Waals surface area contributed by atoms with Gasteiger partial charge in [0.05, 0.1) is 23.8 Å². The largest absolute Gasteiger partial charge is 0.495 e. The van der Waals surface area contributed by atoms with Gasteiger partial charge in [0.1, 0.15) is 10.6 Å². The van der Waals surface area contributed by atoms with Crippen LogP contribution in [0.25, 0.3) is 0 Å². The van der Waals surface area contributed by atoms with Gasteiger partial charge in [-0.3, -0.25) is 14.4 Å². The van der Waals surface area contributed by atoms with Crippen molar-refractivity contribution in [2.75, 3.05) is 18.0 Å². The third kappa shape index (κ3) is 4.08. The average Bonchev–Trinajstić information content (AvgIpc) is 2.62. The monoisotopic (exact) mass is 364 g/mol. The molecule has 0 N–H and O–H groups in total. The van der Waals surface area contributed by atoms with E-state index in [0.717, 1.165) is 12.5 Å². The molecule has 7 nitrogen and oxygen atoms in total. The molecule has 0 aromatic heterocycles. The third-order valence-corrected chi connectivity index (χ3v) is 5.55. The molecular formula is C17H20N2O5S. The van der Waals surface area contributed by atoms with Crippen LogP contribution in [0, 0.1) is 10.1 Å². The van der Waals surface area contributed by atoms with Gasteiger partial charge in [-0.05, 0) is 24.6 Å². The van der Waals surface area contributed by atoms with Crippen molar-refractivity contribution in [1.29, 1.82) is 0 Å². The van der Waals surface area contributed by atoms with Crippen molar-refractivity contribution in [3.05, 3.63) is 58.6 Å². The molecule has 0 spiro atoms. The summed E-state index contributed by atoms with van der Waals surface area (Å²) in [4.78, 5) is 10.2. The smallest absolute Gasteiger partial charge is 0.273 e. The number of nitro groups is 1. The Morgan fingerprint density at radius 3 is 2.40 bits per heavy atom. The van der Waals surface area contributed by atoms with E-state index in [1.807, 2.05) is 6.92 Å². The van der Waals surface area contributed by atoms with Crippen LogP contribution in [0.15, 0.2) is 53.4 Å². The van der Waals surface area contributed by atoms with Crippen LogP contribution < -0.4 is 9.04 Å². The van der Waals surface area contributed by atoms with E-state index in [4.69, 9.17) is 4.74 Å². The third-order valence-electron chi connectivity index (χ3n) is 3.69. The lowest BCUT2D eigenvalue weighted by Crippen LogP contribution is -2.32. The molecule has 134 valence electrons. The first kappa shape index (κ1) is 18.7. The molecule has 2 aromatic rings. The van der Waals surface area contributed by atoms with Gasteiger partial charge < -0.3 is 4.74 Å². The van der Waals surface area contributed by atoms with Crippen molar-refractivity contribution in [2.24, 2.45) is 0 Å². The van der Waals surface area contributed by atoms with Crippen molar-refractivity contribution in [1.82, 2.24) is 0 Å². The van der Waals surface area contributed by atoms with Gasteiger partial charge in [0, 0.05) is 12.6 Å². The Kier molecular flexibility index (Phi) is 5.97. The first-order chi connectivity index (χ1) is 11.9. The van der Waals surface area contributed by atoms with Crippen LogP contribution in [-0.4, -0.2) is 27.0 Å². The minimum Gasteiger partial charge on any atom is -0.495 e. The number of hydrogen-bond acceptors (Lipinski definition) is 5. The zero-order chi connectivity index (χ0) is 18.4. The minimum absolute atomic E-state index is 0.0494. The number of nitro benzene ring substituents is 1. The summed E-state index contributed by atoms with van der Waals surface area (Å²) in [6, 6.07) is 12.3. The number of sulfonamides is 1. The molecule has 0 aliphatic heterocycles. The summed E-state index contributed by atoms with van der Waals surface area (Å²) < 4.78 is 32.8. The highest BCUT2D eigenvalue weighted by Gasteiger charge is 2.29. The number of para-hydroxylation sites is 1. The molecule has 0 fully saturated rings. The fraction of sp³-hybridized carbons (Fsp3) is 0.294. The van der Waals surface area contributed by atoms with E-state index in [0.29, 0.717) is 18.7 Å². The summed E-state index contributed by atoms with van der Waals surface area (Å²) in [5, 5.41) is 10.9. The first-order valence-corrected chi connectivity index (χ1v) is 9.26. The van der Waals surface area contributed by atoms with E-state index in [2.05, 4.69) is 0 Å². The van der Waals surface area contributed by atoms with E-state index < -0.39 is 14.9 Å². The average molecular weight is 364 g/mol. The lowest BCUT2D eigenvalue weighted by atomic mass is 10.3. The molecule has 0 aliphatic carbocycles. The Bertz CT molecular complexity index is 837. The molecule has 0 heterocycles. The second-order valence-electron chi connectivity index (χ2n) is 5.36. The highest BCUT2D eigenvalue weighted by molar-refractivity contribution is 7.93. The Morgan fingerprint density at radius 2 is 1.84 bits per heavy atom. The van der Waals surface area contributed by atoms with Crippen molar-refractivity contribution < 1.29 is 18.1 Å². The van der Waals surface area contributed by atoms with Crippen LogP contribution in [0.1, 0.15) is 19.8 Å². The normalized spacial score (nSPS) is 11.1. The lowest BCUT2D eigenvalue weighted by molar-refractivity contribution is -0.385. The van der Waals surface area contributed by atoms with Gasteiger partial charge in [-0.1, -0.05) is 31.5 Å². The number of ether oxygens (including phenoxy) is 1. The van der Waals surface area contributed by atoms with Gasteiger partial charge in [0.15, 0.2) is 0 Å². The van der Waals surface area contributed by atoms with Gasteiger partial charge in [0.25, 0.3) is 15.7 Å². The standard InChI is InChI=1S/C17H20N2O5S/c1-3-4-12-18(14-8-6-5-7-9-14)25(22,23)17-11-10-15(19(20)21)13-16(17)24-2/h5-11,13H,3-4,12H2,1-2H3. The molecule has 0 aliphatic rings. The maximum absolute atomic E-state index is 13.2. The fourth-order valence-corrected chi connectivity index (χ4v) is 4.03. The summed E-state index contributed by atoms with van der Waals surface area (Å²) in [6.45, 7) is 2.28. The molecule has 0 saturated heterocycles. The van der Waals surface area contributed by atoms with Crippen LogP contribution in [-0.2, 0) is 10.0 Å². The Balaban J connectivity index is 2.55. The summed E-state index contributed by atoms with van der Waals surface area (Å²) in [7, 11) is -2.64. The molecule has 2 rings (SSSR count). The molecule has 25 heavy (non-hydrogen) atoms. The minimum atomic E-state index is -3.93. The number of hydrogen-bond donors (Lipinski definition) is 0. The van der Waals surface area contributed by atoms with E-state index in [9.17, 15) is 18.5 Å². The highest BCUT2D eigenvalue weighted by Crippen LogP contribution is 2.32. The van der Waals surface area contributed by atoms with Crippen LogP contribution >= 0.6 is 0 Å². The van der Waals surface area contributed by atoms with Gasteiger partial charge in [-0.2, -0.15) is 0 Å². The Morgan fingerprint density at radius 1 is 1.16 bits per heavy atom. The zero-order valence-corrected chi connectivity index (χ0v) is 14.9. The lowest BCUT2D eigenvalue weighted by Gasteiger charge is -2.25. The van der Waals surface area contributed by atoms with Crippen molar-refractivity contribution in [3.63, 3.8) is 0 Å². The molecule has 0 bridgehead atoms. The maximum atomic E-state index is 13.2. The van der Waals surface area contributed by atoms with Gasteiger partial charge in [-0.15, -0.1) is 0 Å². The maximum Gasteiger partial charge on any atom is 0.273 e. The van der Waals surface area contributed by atoms with E-state index in [1.165, 1.54) is 23.5 Å². The molecule has 0 unspecified atom stereocenters. The van der Waals surface area contributed by atoms with Crippen LogP contribution in [0.4, 0.5) is 11.4 Å². The number of nitrogens with zero attached hydrogens (tertiary/aromatic N) is 2. The molecule has 0 radical (unpaired) electrons. The summed E-state index contributed by atoms with van der Waals surface area (Å²) in [5.74, 6) is -0.0494. The summed E-state index contributed by atoms with van der Waals surface area (Å²) >= 11 is 0. The van der Waals surface area contributed by atoms with E-state index >= 15 is 0 Å². The predicted molar refractivity (Wildman–Crippen MR) is 95.5 cm³/mol. The fourth-order valence-electron chi connectivity index (χ4n) is 2.39. The number of unbranched alkanes of at least 4 members (excludes halogenated alkanes) is 1.